The average Bonchev–Trinajstić information content (AvgIpc) is 2.64. The summed E-state index contributed by atoms with van der Waals surface area (Å²) in [6.07, 6.45) is 1.26. The van der Waals surface area contributed by atoms with Gasteiger partial charge in [0.05, 0.1) is 0 Å². The Bertz CT molecular complexity index is 443. The van der Waals surface area contributed by atoms with Crippen LogP contribution in [0.2, 0.25) is 0 Å². The normalized spacial score (nSPS) is 22.8. The van der Waals surface area contributed by atoms with Crippen LogP contribution in [0.25, 0.3) is 0 Å². The maximum absolute atomic E-state index is 10.3. The van der Waals surface area contributed by atoms with Crippen molar-refractivity contribution in [2.24, 2.45) is 0 Å². The van der Waals surface area contributed by atoms with E-state index < -0.39 is 6.10 Å². The number of aliphatic hydroxyl groups is 1. The molecule has 0 saturated heterocycles. The molecule has 100 valence electrons. The molecule has 0 radical (unpaired) electrons. The topological polar surface area (TPSA) is 29.5 Å². The smallest absolute Gasteiger partial charge is 0.129 e. The average molecular weight is 248 g/mol. The fraction of sp³-hybridized carbons (Fsp3) is 0.625. The van der Waals surface area contributed by atoms with Gasteiger partial charge in [-0.15, -0.1) is 0 Å². The van der Waals surface area contributed by atoms with Gasteiger partial charge in [-0.1, -0.05) is 40.7 Å². The lowest BCUT2D eigenvalue weighted by Crippen LogP contribution is -2.17. The van der Waals surface area contributed by atoms with E-state index in [1.54, 1.807) is 0 Å². The minimum atomic E-state index is -0.474. The maximum atomic E-state index is 10.3. The third-order valence-corrected chi connectivity index (χ3v) is 3.74. The first-order valence-corrected chi connectivity index (χ1v) is 6.90. The van der Waals surface area contributed by atoms with Crippen LogP contribution in [-0.4, -0.2) is 11.2 Å². The quantitative estimate of drug-likeness (QED) is 0.863. The summed E-state index contributed by atoms with van der Waals surface area (Å²) in [7, 11) is 0. The molecule has 0 saturated carbocycles. The van der Waals surface area contributed by atoms with E-state index in [9.17, 15) is 5.11 Å². The number of ether oxygens (including phenoxy) is 1. The van der Waals surface area contributed by atoms with Gasteiger partial charge in [0.15, 0.2) is 0 Å². The van der Waals surface area contributed by atoms with Gasteiger partial charge in [0.25, 0.3) is 0 Å². The van der Waals surface area contributed by atoms with E-state index in [0.29, 0.717) is 0 Å². The van der Waals surface area contributed by atoms with Crippen molar-refractivity contribution in [3.05, 3.63) is 28.8 Å². The van der Waals surface area contributed by atoms with Crippen LogP contribution in [0.3, 0.4) is 0 Å². The second-order valence-electron chi connectivity index (χ2n) is 6.17. The van der Waals surface area contributed by atoms with E-state index in [1.807, 2.05) is 0 Å². The Labute approximate surface area is 110 Å². The van der Waals surface area contributed by atoms with Crippen molar-refractivity contribution in [2.45, 2.75) is 65.1 Å². The highest BCUT2D eigenvalue weighted by Gasteiger charge is 2.36. The van der Waals surface area contributed by atoms with Crippen LogP contribution in [0.5, 0.6) is 5.75 Å². The van der Waals surface area contributed by atoms with Gasteiger partial charge in [-0.3, -0.25) is 0 Å². The predicted octanol–water partition coefficient (Wildman–Crippen LogP) is 3.75. The van der Waals surface area contributed by atoms with Gasteiger partial charge in [-0.2, -0.15) is 0 Å². The number of aliphatic hydroxyl groups excluding tert-OH is 1. The highest BCUT2D eigenvalue weighted by Crippen LogP contribution is 2.45. The van der Waals surface area contributed by atoms with Crippen molar-refractivity contribution in [1.29, 1.82) is 0 Å². The molecule has 1 heterocycles. The van der Waals surface area contributed by atoms with E-state index in [4.69, 9.17) is 4.74 Å². The van der Waals surface area contributed by atoms with Crippen molar-refractivity contribution < 1.29 is 9.84 Å². The molecule has 1 aromatic carbocycles. The van der Waals surface area contributed by atoms with Crippen molar-refractivity contribution in [2.75, 3.05) is 0 Å². The monoisotopic (exact) mass is 248 g/mol. The summed E-state index contributed by atoms with van der Waals surface area (Å²) >= 11 is 0. The molecule has 0 fully saturated rings. The first-order valence-electron chi connectivity index (χ1n) is 6.90. The minimum absolute atomic E-state index is 0.0393. The van der Waals surface area contributed by atoms with Crippen molar-refractivity contribution in [1.82, 2.24) is 0 Å². The molecule has 1 aromatic rings. The van der Waals surface area contributed by atoms with Gasteiger partial charge < -0.3 is 9.84 Å². The van der Waals surface area contributed by atoms with E-state index in [1.165, 1.54) is 11.1 Å². The van der Waals surface area contributed by atoms with E-state index in [2.05, 4.69) is 46.8 Å². The van der Waals surface area contributed by atoms with Gasteiger partial charge in [-0.25, -0.2) is 0 Å². The first-order chi connectivity index (χ1) is 8.38. The highest BCUT2D eigenvalue weighted by atomic mass is 16.5. The molecule has 1 aliphatic heterocycles. The van der Waals surface area contributed by atoms with Crippen molar-refractivity contribution in [3.63, 3.8) is 0 Å². The van der Waals surface area contributed by atoms with E-state index in [0.717, 1.165) is 24.2 Å². The maximum Gasteiger partial charge on any atom is 0.129 e. The molecule has 2 atom stereocenters. The second kappa shape index (κ2) is 4.58. The number of aryl methyl sites for hydroxylation is 1. The van der Waals surface area contributed by atoms with Crippen LogP contribution in [0.1, 0.15) is 63.8 Å². The molecular weight excluding hydrogens is 224 g/mol. The summed E-state index contributed by atoms with van der Waals surface area (Å²) in [4.78, 5) is 0. The summed E-state index contributed by atoms with van der Waals surface area (Å²) in [6, 6.07) is 4.33. The molecule has 0 aromatic heterocycles. The number of rotatable bonds is 2. The minimum Gasteiger partial charge on any atom is -0.487 e. The van der Waals surface area contributed by atoms with E-state index >= 15 is 0 Å². The number of hydrogen-bond donors (Lipinski definition) is 1. The molecule has 2 nitrogen and oxygen atoms in total. The van der Waals surface area contributed by atoms with Crippen LogP contribution >= 0.6 is 0 Å². The van der Waals surface area contributed by atoms with Gasteiger partial charge in [0.1, 0.15) is 18.0 Å². The van der Waals surface area contributed by atoms with Crippen LogP contribution in [0.4, 0.5) is 0 Å². The van der Waals surface area contributed by atoms with Gasteiger partial charge in [0, 0.05) is 11.1 Å². The molecule has 2 unspecified atom stereocenters. The van der Waals surface area contributed by atoms with E-state index in [-0.39, 0.29) is 11.5 Å². The van der Waals surface area contributed by atoms with Crippen LogP contribution < -0.4 is 4.74 Å². The molecule has 1 aliphatic rings. The Hall–Kier alpha value is -1.02. The zero-order valence-electron chi connectivity index (χ0n) is 12.1. The van der Waals surface area contributed by atoms with Gasteiger partial charge >= 0.3 is 0 Å². The summed E-state index contributed by atoms with van der Waals surface area (Å²) in [5.41, 5.74) is 3.51. The van der Waals surface area contributed by atoms with Crippen LogP contribution in [0.15, 0.2) is 12.1 Å². The molecular formula is C16H24O2. The lowest BCUT2D eigenvalue weighted by molar-refractivity contribution is 0.0647. The fourth-order valence-corrected chi connectivity index (χ4v) is 2.55. The Morgan fingerprint density at radius 2 is 1.89 bits per heavy atom. The Kier molecular flexibility index (Phi) is 3.41. The third kappa shape index (κ3) is 2.14. The SMILES string of the molecule is CCc1cc2c(c(C(C)(C)C)c1)OC(CC)C2O. The molecule has 0 amide bonds. The predicted molar refractivity (Wildman–Crippen MR) is 74.2 cm³/mol. The summed E-state index contributed by atoms with van der Waals surface area (Å²) < 4.78 is 5.98. The molecule has 0 aliphatic carbocycles. The Balaban J connectivity index is 2.57. The standard InChI is InChI=1S/C16H24O2/c1-6-10-8-11-14(17)13(7-2)18-15(11)12(9-10)16(3,4)5/h8-9,13-14,17H,6-7H2,1-5H3. The van der Waals surface area contributed by atoms with Crippen molar-refractivity contribution in [3.8, 4) is 5.75 Å². The zero-order chi connectivity index (χ0) is 13.5. The van der Waals surface area contributed by atoms with Crippen LogP contribution in [0, 0.1) is 0 Å². The summed E-state index contributed by atoms with van der Waals surface area (Å²) in [5.74, 6) is 0.916. The highest BCUT2D eigenvalue weighted by molar-refractivity contribution is 5.51. The van der Waals surface area contributed by atoms with Gasteiger partial charge in [0.2, 0.25) is 0 Å². The lowest BCUT2D eigenvalue weighted by Gasteiger charge is -2.23. The molecule has 0 bridgehead atoms. The molecule has 18 heavy (non-hydrogen) atoms. The molecule has 0 spiro atoms. The number of fused-ring (bicyclic) bond motifs is 1. The molecule has 1 N–H and O–H groups in total. The fourth-order valence-electron chi connectivity index (χ4n) is 2.55. The summed E-state index contributed by atoms with van der Waals surface area (Å²) in [5, 5.41) is 10.3. The zero-order valence-corrected chi connectivity index (χ0v) is 12.1. The Morgan fingerprint density at radius 1 is 1.22 bits per heavy atom. The second-order valence-corrected chi connectivity index (χ2v) is 6.17. The van der Waals surface area contributed by atoms with Gasteiger partial charge in [-0.05, 0) is 29.9 Å². The molecule has 2 heteroatoms. The third-order valence-electron chi connectivity index (χ3n) is 3.74. The first kappa shape index (κ1) is 13.4. The largest absolute Gasteiger partial charge is 0.487 e. The Morgan fingerprint density at radius 3 is 2.39 bits per heavy atom. The number of hydrogen-bond acceptors (Lipinski definition) is 2. The van der Waals surface area contributed by atoms with Crippen molar-refractivity contribution >= 4 is 0 Å². The summed E-state index contributed by atoms with van der Waals surface area (Å²) in [6.45, 7) is 10.8. The number of benzene rings is 1. The lowest BCUT2D eigenvalue weighted by atomic mass is 9.83. The van der Waals surface area contributed by atoms with Crippen LogP contribution in [-0.2, 0) is 11.8 Å². The molecule has 2 rings (SSSR count).